The number of carbonyl (C=O) groups is 1. The topological polar surface area (TPSA) is 68.2 Å². The fraction of sp³-hybridized carbons (Fsp3) is 0.333. The van der Waals surface area contributed by atoms with Crippen molar-refractivity contribution in [3.8, 4) is 11.1 Å². The van der Waals surface area contributed by atoms with Crippen LogP contribution >= 0.6 is 0 Å². The highest BCUT2D eigenvalue weighted by Crippen LogP contribution is 2.38. The Labute approximate surface area is 177 Å². The van der Waals surface area contributed by atoms with E-state index in [-0.39, 0.29) is 11.9 Å². The van der Waals surface area contributed by atoms with Crippen molar-refractivity contribution in [2.75, 3.05) is 13.7 Å². The van der Waals surface area contributed by atoms with E-state index in [1.165, 1.54) is 0 Å². The molecule has 4 rings (SSSR count). The summed E-state index contributed by atoms with van der Waals surface area (Å²) in [5.74, 6) is 0.749. The number of pyridine rings is 1. The number of aromatic nitrogens is 3. The van der Waals surface area contributed by atoms with Gasteiger partial charge in [-0.3, -0.25) is 9.78 Å². The van der Waals surface area contributed by atoms with Crippen LogP contribution < -0.4 is 0 Å². The summed E-state index contributed by atoms with van der Waals surface area (Å²) in [5, 5.41) is 0. The standard InChI is InChI=1S/C24H26N4O2/c1-16-13-25-11-10-20(16)21-14-26-17(2)27-23(21)22-5-4-12-28(22)24(29)19-8-6-18(7-9-19)15-30-3/h6-11,13-14,22H,4-5,12,15H2,1-3H3/t22-/m0/s1. The Morgan fingerprint density at radius 3 is 2.67 bits per heavy atom. The van der Waals surface area contributed by atoms with Crippen LogP contribution in [0.3, 0.4) is 0 Å². The fourth-order valence-electron chi connectivity index (χ4n) is 4.09. The molecular formula is C24H26N4O2. The molecule has 3 heterocycles. The zero-order valence-corrected chi connectivity index (χ0v) is 17.6. The summed E-state index contributed by atoms with van der Waals surface area (Å²) in [5.41, 5.74) is 5.75. The van der Waals surface area contributed by atoms with E-state index in [4.69, 9.17) is 9.72 Å². The maximum atomic E-state index is 13.3. The van der Waals surface area contributed by atoms with Crippen molar-refractivity contribution in [1.82, 2.24) is 19.9 Å². The lowest BCUT2D eigenvalue weighted by molar-refractivity contribution is 0.0733. The molecule has 6 heteroatoms. The van der Waals surface area contributed by atoms with Crippen LogP contribution in [0.25, 0.3) is 11.1 Å². The van der Waals surface area contributed by atoms with Crippen LogP contribution in [0.5, 0.6) is 0 Å². The lowest BCUT2D eigenvalue weighted by atomic mass is 9.97. The summed E-state index contributed by atoms with van der Waals surface area (Å²) in [6.07, 6.45) is 7.35. The van der Waals surface area contributed by atoms with Gasteiger partial charge in [0.1, 0.15) is 5.82 Å². The van der Waals surface area contributed by atoms with Gasteiger partial charge in [0.2, 0.25) is 0 Å². The Morgan fingerprint density at radius 1 is 1.13 bits per heavy atom. The smallest absolute Gasteiger partial charge is 0.254 e. The van der Waals surface area contributed by atoms with Gasteiger partial charge in [0, 0.05) is 43.4 Å². The molecule has 1 aromatic carbocycles. The molecule has 3 aromatic rings. The second-order valence-electron chi connectivity index (χ2n) is 7.69. The van der Waals surface area contributed by atoms with Crippen LogP contribution in [0.15, 0.2) is 48.9 Å². The number of amides is 1. The first-order valence-electron chi connectivity index (χ1n) is 10.2. The van der Waals surface area contributed by atoms with Gasteiger partial charge in [-0.25, -0.2) is 9.97 Å². The van der Waals surface area contributed by atoms with Gasteiger partial charge in [0.25, 0.3) is 5.91 Å². The summed E-state index contributed by atoms with van der Waals surface area (Å²) < 4.78 is 5.16. The first kappa shape index (κ1) is 20.2. The number of likely N-dealkylation sites (tertiary alicyclic amines) is 1. The highest BCUT2D eigenvalue weighted by Gasteiger charge is 2.33. The maximum absolute atomic E-state index is 13.3. The molecule has 0 aliphatic carbocycles. The normalized spacial score (nSPS) is 16.1. The highest BCUT2D eigenvalue weighted by atomic mass is 16.5. The molecule has 1 saturated heterocycles. The van der Waals surface area contributed by atoms with E-state index < -0.39 is 0 Å². The monoisotopic (exact) mass is 402 g/mol. The zero-order valence-electron chi connectivity index (χ0n) is 17.6. The van der Waals surface area contributed by atoms with Crippen LogP contribution in [-0.2, 0) is 11.3 Å². The van der Waals surface area contributed by atoms with Crippen LogP contribution in [0, 0.1) is 13.8 Å². The highest BCUT2D eigenvalue weighted by molar-refractivity contribution is 5.94. The summed E-state index contributed by atoms with van der Waals surface area (Å²) >= 11 is 0. The summed E-state index contributed by atoms with van der Waals surface area (Å²) in [6.45, 7) is 5.18. The molecule has 0 spiro atoms. The lowest BCUT2D eigenvalue weighted by Crippen LogP contribution is -2.31. The Morgan fingerprint density at radius 2 is 1.93 bits per heavy atom. The van der Waals surface area contributed by atoms with E-state index in [1.807, 2.05) is 61.5 Å². The molecule has 30 heavy (non-hydrogen) atoms. The third-order valence-electron chi connectivity index (χ3n) is 5.59. The lowest BCUT2D eigenvalue weighted by Gasteiger charge is -2.26. The van der Waals surface area contributed by atoms with Gasteiger partial charge in [-0.2, -0.15) is 0 Å². The zero-order chi connectivity index (χ0) is 21.1. The Balaban J connectivity index is 1.69. The van der Waals surface area contributed by atoms with Crippen molar-refractivity contribution in [3.05, 3.63) is 77.1 Å². The number of hydrogen-bond acceptors (Lipinski definition) is 5. The number of hydrogen-bond donors (Lipinski definition) is 0. The average Bonchev–Trinajstić information content (AvgIpc) is 3.24. The van der Waals surface area contributed by atoms with E-state index >= 15 is 0 Å². The van der Waals surface area contributed by atoms with Gasteiger partial charge in [0.15, 0.2) is 0 Å². The van der Waals surface area contributed by atoms with Crippen molar-refractivity contribution in [2.45, 2.75) is 39.3 Å². The van der Waals surface area contributed by atoms with Gasteiger partial charge in [0.05, 0.1) is 18.3 Å². The number of ether oxygens (including phenoxy) is 1. The number of rotatable bonds is 5. The van der Waals surface area contributed by atoms with E-state index in [2.05, 4.69) is 9.97 Å². The van der Waals surface area contributed by atoms with Gasteiger partial charge < -0.3 is 9.64 Å². The third-order valence-corrected chi connectivity index (χ3v) is 5.59. The van der Waals surface area contributed by atoms with Crippen LogP contribution in [-0.4, -0.2) is 39.4 Å². The molecule has 0 bridgehead atoms. The first-order chi connectivity index (χ1) is 14.6. The van der Waals surface area contributed by atoms with Gasteiger partial charge >= 0.3 is 0 Å². The second kappa shape index (κ2) is 8.71. The number of methoxy groups -OCH3 is 1. The number of nitrogens with zero attached hydrogens (tertiary/aromatic N) is 4. The minimum atomic E-state index is -0.0691. The van der Waals surface area contributed by atoms with Crippen molar-refractivity contribution in [2.24, 2.45) is 0 Å². The van der Waals surface area contributed by atoms with Gasteiger partial charge in [-0.1, -0.05) is 12.1 Å². The summed E-state index contributed by atoms with van der Waals surface area (Å²) in [6, 6.07) is 9.57. The molecule has 1 atom stereocenters. The van der Waals surface area contributed by atoms with Crippen molar-refractivity contribution < 1.29 is 9.53 Å². The van der Waals surface area contributed by atoms with Crippen molar-refractivity contribution in [1.29, 1.82) is 0 Å². The Bertz CT molecular complexity index is 1050. The van der Waals surface area contributed by atoms with Crippen molar-refractivity contribution >= 4 is 5.91 Å². The van der Waals surface area contributed by atoms with E-state index in [1.54, 1.807) is 13.3 Å². The molecule has 6 nitrogen and oxygen atoms in total. The second-order valence-corrected chi connectivity index (χ2v) is 7.69. The first-order valence-corrected chi connectivity index (χ1v) is 10.2. The van der Waals surface area contributed by atoms with Crippen molar-refractivity contribution in [3.63, 3.8) is 0 Å². The Kier molecular flexibility index (Phi) is 5.86. The van der Waals surface area contributed by atoms with Crippen LogP contribution in [0.1, 0.15) is 51.9 Å². The quantitative estimate of drug-likeness (QED) is 0.637. The minimum Gasteiger partial charge on any atom is -0.380 e. The average molecular weight is 402 g/mol. The number of aryl methyl sites for hydroxylation is 2. The fourth-order valence-corrected chi connectivity index (χ4v) is 4.09. The van der Waals surface area contributed by atoms with Gasteiger partial charge in [-0.15, -0.1) is 0 Å². The molecule has 1 amide bonds. The molecule has 2 aromatic heterocycles. The van der Waals surface area contributed by atoms with E-state index in [0.29, 0.717) is 18.0 Å². The molecule has 1 aliphatic heterocycles. The van der Waals surface area contributed by atoms with E-state index in [9.17, 15) is 4.79 Å². The number of benzene rings is 1. The predicted octanol–water partition coefficient (Wildman–Crippen LogP) is 4.28. The molecule has 1 fully saturated rings. The largest absolute Gasteiger partial charge is 0.380 e. The Hall–Kier alpha value is -3.12. The van der Waals surface area contributed by atoms with Gasteiger partial charge in [-0.05, 0) is 61.6 Å². The molecular weight excluding hydrogens is 376 g/mol. The molecule has 154 valence electrons. The summed E-state index contributed by atoms with van der Waals surface area (Å²) in [4.78, 5) is 28.7. The molecule has 0 radical (unpaired) electrons. The molecule has 0 unspecified atom stereocenters. The van der Waals surface area contributed by atoms with Crippen LogP contribution in [0.4, 0.5) is 0 Å². The SMILES string of the molecule is COCc1ccc(C(=O)N2CCC[C@H]2c2nc(C)ncc2-c2ccncc2C)cc1. The maximum Gasteiger partial charge on any atom is 0.254 e. The molecule has 0 saturated carbocycles. The number of carbonyl (C=O) groups excluding carboxylic acids is 1. The van der Waals surface area contributed by atoms with Crippen LogP contribution in [0.2, 0.25) is 0 Å². The third kappa shape index (κ3) is 3.96. The molecule has 0 N–H and O–H groups in total. The summed E-state index contributed by atoms with van der Waals surface area (Å²) in [7, 11) is 1.67. The predicted molar refractivity (Wildman–Crippen MR) is 115 cm³/mol. The van der Waals surface area contributed by atoms with E-state index in [0.717, 1.165) is 47.3 Å². The minimum absolute atomic E-state index is 0.0372. The molecule has 1 aliphatic rings.